The van der Waals surface area contributed by atoms with Gasteiger partial charge in [0.2, 0.25) is 0 Å². The van der Waals surface area contributed by atoms with E-state index in [1.165, 1.54) is 0 Å². The van der Waals surface area contributed by atoms with E-state index < -0.39 is 0 Å². The molecule has 0 spiro atoms. The molecule has 0 aromatic rings. The van der Waals surface area contributed by atoms with Crippen LogP contribution in [0.2, 0.25) is 0 Å². The van der Waals surface area contributed by atoms with Gasteiger partial charge in [-0.15, -0.1) is 0 Å². The van der Waals surface area contributed by atoms with Crippen molar-refractivity contribution in [2.45, 2.75) is 73.8 Å². The summed E-state index contributed by atoms with van der Waals surface area (Å²) in [6.45, 7) is 15.5. The molecule has 0 saturated carbocycles. The second-order valence-electron chi connectivity index (χ2n) is 7.03. The van der Waals surface area contributed by atoms with Gasteiger partial charge in [0.1, 0.15) is 0 Å². The summed E-state index contributed by atoms with van der Waals surface area (Å²) in [5, 5.41) is 10.1. The van der Waals surface area contributed by atoms with Crippen molar-refractivity contribution in [3.05, 3.63) is 0 Å². The highest BCUT2D eigenvalue weighted by atomic mass is 16.3. The average molecular weight is 214 g/mol. The predicted octanol–water partition coefficient (Wildman–Crippen LogP) is 4.25. The van der Waals surface area contributed by atoms with Crippen LogP contribution in [0.25, 0.3) is 0 Å². The van der Waals surface area contributed by atoms with Gasteiger partial charge in [-0.2, -0.15) is 0 Å². The van der Waals surface area contributed by atoms with Crippen molar-refractivity contribution in [1.29, 1.82) is 0 Å². The van der Waals surface area contributed by atoms with Crippen molar-refractivity contribution in [1.82, 2.24) is 0 Å². The molecule has 0 heterocycles. The molecule has 0 aliphatic rings. The third-order valence-corrected chi connectivity index (χ3v) is 3.31. The van der Waals surface area contributed by atoms with Crippen molar-refractivity contribution in [2.75, 3.05) is 0 Å². The molecule has 1 heteroatoms. The topological polar surface area (TPSA) is 20.2 Å². The molecular formula is C14H30O. The molecule has 2 atom stereocenters. The molecule has 0 saturated heterocycles. The Morgan fingerprint density at radius 2 is 1.47 bits per heavy atom. The van der Waals surface area contributed by atoms with Crippen LogP contribution in [0.15, 0.2) is 0 Å². The van der Waals surface area contributed by atoms with Gasteiger partial charge in [0, 0.05) is 0 Å². The summed E-state index contributed by atoms with van der Waals surface area (Å²) in [5.74, 6) is 0.399. The van der Waals surface area contributed by atoms with Crippen LogP contribution in [-0.2, 0) is 0 Å². The van der Waals surface area contributed by atoms with Crippen LogP contribution in [0.4, 0.5) is 0 Å². The Labute approximate surface area is 96.3 Å². The van der Waals surface area contributed by atoms with E-state index in [2.05, 4.69) is 48.5 Å². The second kappa shape index (κ2) is 5.34. The van der Waals surface area contributed by atoms with Crippen LogP contribution >= 0.6 is 0 Å². The number of hydrogen-bond donors (Lipinski definition) is 1. The third-order valence-electron chi connectivity index (χ3n) is 3.31. The lowest BCUT2D eigenvalue weighted by Crippen LogP contribution is -2.28. The maximum atomic E-state index is 10.1. The Kier molecular flexibility index (Phi) is 5.32. The first-order chi connectivity index (χ1) is 6.57. The highest BCUT2D eigenvalue weighted by Gasteiger charge is 2.26. The molecule has 2 unspecified atom stereocenters. The fourth-order valence-electron chi connectivity index (χ4n) is 2.01. The number of aliphatic hydroxyl groups is 1. The van der Waals surface area contributed by atoms with Crippen LogP contribution in [0.1, 0.15) is 67.7 Å². The Balaban J connectivity index is 4.16. The van der Waals surface area contributed by atoms with Gasteiger partial charge < -0.3 is 5.11 Å². The van der Waals surface area contributed by atoms with Gasteiger partial charge in [-0.1, -0.05) is 54.9 Å². The summed E-state index contributed by atoms with van der Waals surface area (Å²) in [5.41, 5.74) is 0.586. The minimum absolute atomic E-state index is 0.154. The van der Waals surface area contributed by atoms with Gasteiger partial charge in [-0.05, 0) is 29.6 Å². The van der Waals surface area contributed by atoms with E-state index >= 15 is 0 Å². The molecule has 0 aromatic heterocycles. The second-order valence-corrected chi connectivity index (χ2v) is 7.03. The maximum absolute atomic E-state index is 10.1. The molecule has 0 bridgehead atoms. The first-order valence-corrected chi connectivity index (χ1v) is 6.25. The smallest absolute Gasteiger partial charge is 0.0571 e. The van der Waals surface area contributed by atoms with E-state index in [-0.39, 0.29) is 11.5 Å². The maximum Gasteiger partial charge on any atom is 0.0571 e. The van der Waals surface area contributed by atoms with Crippen LogP contribution in [0.5, 0.6) is 0 Å². The highest BCUT2D eigenvalue weighted by molar-refractivity contribution is 4.77. The van der Waals surface area contributed by atoms with Gasteiger partial charge in [-0.3, -0.25) is 0 Å². The van der Waals surface area contributed by atoms with Crippen molar-refractivity contribution >= 4 is 0 Å². The Morgan fingerprint density at radius 3 is 1.80 bits per heavy atom. The Bertz CT molecular complexity index is 176. The van der Waals surface area contributed by atoms with Crippen molar-refractivity contribution < 1.29 is 5.11 Å². The standard InChI is InChI=1S/C14H30O/c1-8-14(6,7)10-12(15)11(2)9-13(3,4)5/h11-12,15H,8-10H2,1-7H3. The molecule has 1 N–H and O–H groups in total. The summed E-state index contributed by atoms with van der Waals surface area (Å²) in [7, 11) is 0. The summed E-state index contributed by atoms with van der Waals surface area (Å²) in [4.78, 5) is 0. The van der Waals surface area contributed by atoms with Gasteiger partial charge in [-0.25, -0.2) is 0 Å². The third kappa shape index (κ3) is 6.94. The van der Waals surface area contributed by atoms with Crippen LogP contribution in [0, 0.1) is 16.7 Å². The number of rotatable bonds is 5. The van der Waals surface area contributed by atoms with Crippen LogP contribution in [0.3, 0.4) is 0 Å². The monoisotopic (exact) mass is 214 g/mol. The van der Waals surface area contributed by atoms with Crippen LogP contribution < -0.4 is 0 Å². The zero-order chi connectivity index (χ0) is 12.3. The molecule has 1 nitrogen and oxygen atoms in total. The summed E-state index contributed by atoms with van der Waals surface area (Å²) >= 11 is 0. The summed E-state index contributed by atoms with van der Waals surface area (Å²) in [6, 6.07) is 0. The summed E-state index contributed by atoms with van der Waals surface area (Å²) in [6.07, 6.45) is 2.99. The molecule has 0 fully saturated rings. The van der Waals surface area contributed by atoms with Crippen molar-refractivity contribution in [3.63, 3.8) is 0 Å². The van der Waals surface area contributed by atoms with Gasteiger partial charge in [0.15, 0.2) is 0 Å². The van der Waals surface area contributed by atoms with Crippen molar-refractivity contribution in [2.24, 2.45) is 16.7 Å². The van der Waals surface area contributed by atoms with E-state index in [1.54, 1.807) is 0 Å². The lowest BCUT2D eigenvalue weighted by Gasteiger charge is -2.32. The zero-order valence-corrected chi connectivity index (χ0v) is 11.7. The van der Waals surface area contributed by atoms with Crippen molar-refractivity contribution in [3.8, 4) is 0 Å². The van der Waals surface area contributed by atoms with E-state index in [0.29, 0.717) is 11.3 Å². The number of aliphatic hydroxyl groups excluding tert-OH is 1. The fraction of sp³-hybridized carbons (Fsp3) is 1.00. The van der Waals surface area contributed by atoms with E-state index in [1.807, 2.05) is 0 Å². The molecule has 15 heavy (non-hydrogen) atoms. The Morgan fingerprint density at radius 1 is 1.00 bits per heavy atom. The highest BCUT2D eigenvalue weighted by Crippen LogP contribution is 2.32. The molecule has 0 rings (SSSR count). The SMILES string of the molecule is CCC(C)(C)CC(O)C(C)CC(C)(C)C. The number of hydrogen-bond acceptors (Lipinski definition) is 1. The summed E-state index contributed by atoms with van der Waals surface area (Å²) < 4.78 is 0. The first-order valence-electron chi connectivity index (χ1n) is 6.25. The molecule has 92 valence electrons. The fourth-order valence-corrected chi connectivity index (χ4v) is 2.01. The van der Waals surface area contributed by atoms with E-state index in [0.717, 1.165) is 19.3 Å². The molecule has 0 aromatic carbocycles. The minimum Gasteiger partial charge on any atom is -0.393 e. The molecule has 0 amide bonds. The predicted molar refractivity (Wildman–Crippen MR) is 67.9 cm³/mol. The van der Waals surface area contributed by atoms with Crippen LogP contribution in [-0.4, -0.2) is 11.2 Å². The lowest BCUT2D eigenvalue weighted by atomic mass is 9.77. The molecular weight excluding hydrogens is 184 g/mol. The van der Waals surface area contributed by atoms with Gasteiger partial charge in [0.25, 0.3) is 0 Å². The molecule has 0 aliphatic heterocycles. The van der Waals surface area contributed by atoms with Gasteiger partial charge >= 0.3 is 0 Å². The minimum atomic E-state index is -0.154. The van der Waals surface area contributed by atoms with E-state index in [9.17, 15) is 5.11 Å². The normalized spacial score (nSPS) is 17.6. The average Bonchev–Trinajstić information content (AvgIpc) is 2.00. The van der Waals surface area contributed by atoms with Gasteiger partial charge in [0.05, 0.1) is 6.10 Å². The lowest BCUT2D eigenvalue weighted by molar-refractivity contribution is 0.0492. The van der Waals surface area contributed by atoms with E-state index in [4.69, 9.17) is 0 Å². The largest absolute Gasteiger partial charge is 0.393 e. The first kappa shape index (κ1) is 15.0. The Hall–Kier alpha value is -0.0400. The zero-order valence-electron chi connectivity index (χ0n) is 11.7. The molecule has 0 radical (unpaired) electrons. The molecule has 0 aliphatic carbocycles. The quantitative estimate of drug-likeness (QED) is 0.725.